The summed E-state index contributed by atoms with van der Waals surface area (Å²) in [6.45, 7) is 0. The number of rotatable bonds is 6. The van der Waals surface area contributed by atoms with Crippen LogP contribution in [-0.2, 0) is 6.42 Å². The molecule has 0 saturated heterocycles. The Morgan fingerprint density at radius 3 is 2.45 bits per heavy atom. The molecule has 0 saturated carbocycles. The van der Waals surface area contributed by atoms with Crippen LogP contribution in [0.4, 0.5) is 0 Å². The lowest BCUT2D eigenvalue weighted by molar-refractivity contribution is 0.575. The second kappa shape index (κ2) is 8.20. The van der Waals surface area contributed by atoms with Crippen molar-refractivity contribution in [3.05, 3.63) is 63.0 Å². The van der Waals surface area contributed by atoms with Crippen LogP contribution in [0.2, 0.25) is 0 Å². The molecule has 20 heavy (non-hydrogen) atoms. The van der Waals surface area contributed by atoms with E-state index in [0.29, 0.717) is 0 Å². The second-order valence-corrected chi connectivity index (χ2v) is 7.39. The number of benzene rings is 2. The summed E-state index contributed by atoms with van der Waals surface area (Å²) in [5, 5.41) is 0. The van der Waals surface area contributed by atoms with Gasteiger partial charge in [-0.3, -0.25) is 11.3 Å². The zero-order chi connectivity index (χ0) is 14.4. The van der Waals surface area contributed by atoms with Gasteiger partial charge in [0.15, 0.2) is 0 Å². The van der Waals surface area contributed by atoms with E-state index in [4.69, 9.17) is 5.84 Å². The van der Waals surface area contributed by atoms with Gasteiger partial charge in [-0.25, -0.2) is 0 Å². The molecular weight excluding hydrogens is 400 g/mol. The Morgan fingerprint density at radius 2 is 1.80 bits per heavy atom. The van der Waals surface area contributed by atoms with E-state index in [9.17, 15) is 0 Å². The Morgan fingerprint density at radius 1 is 1.05 bits per heavy atom. The minimum atomic E-state index is 0.248. The van der Waals surface area contributed by atoms with Gasteiger partial charge in [0.2, 0.25) is 0 Å². The molecule has 0 spiro atoms. The maximum absolute atomic E-state index is 5.66. The third-order valence-electron chi connectivity index (χ3n) is 2.87. The molecule has 106 valence electrons. The SMILES string of the molecule is NNC(CSc1ccc(Br)cc1)Cc1cccc(Br)c1. The van der Waals surface area contributed by atoms with Gasteiger partial charge in [-0.05, 0) is 48.4 Å². The molecule has 0 aromatic heterocycles. The van der Waals surface area contributed by atoms with Gasteiger partial charge in [0.25, 0.3) is 0 Å². The van der Waals surface area contributed by atoms with E-state index in [0.717, 1.165) is 21.1 Å². The van der Waals surface area contributed by atoms with E-state index in [-0.39, 0.29) is 6.04 Å². The van der Waals surface area contributed by atoms with Crippen LogP contribution in [0.3, 0.4) is 0 Å². The van der Waals surface area contributed by atoms with Gasteiger partial charge in [0, 0.05) is 25.6 Å². The highest BCUT2D eigenvalue weighted by Crippen LogP contribution is 2.22. The fraction of sp³-hybridized carbons (Fsp3) is 0.200. The molecule has 2 aromatic rings. The lowest BCUT2D eigenvalue weighted by atomic mass is 10.1. The number of thioether (sulfide) groups is 1. The number of nitrogens with two attached hydrogens (primary N) is 1. The summed E-state index contributed by atoms with van der Waals surface area (Å²) >= 11 is 8.75. The molecule has 0 radical (unpaired) electrons. The fourth-order valence-corrected chi connectivity index (χ4v) is 3.49. The van der Waals surface area contributed by atoms with Crippen LogP contribution in [0.25, 0.3) is 0 Å². The zero-order valence-corrected chi connectivity index (χ0v) is 14.8. The third kappa shape index (κ3) is 5.22. The Bertz CT molecular complexity index is 546. The van der Waals surface area contributed by atoms with E-state index < -0.39 is 0 Å². The summed E-state index contributed by atoms with van der Waals surface area (Å²) in [6.07, 6.45) is 0.916. The Balaban J connectivity index is 1.90. The maximum Gasteiger partial charge on any atom is 0.0344 e. The van der Waals surface area contributed by atoms with E-state index in [1.165, 1.54) is 10.5 Å². The number of hydrogen-bond acceptors (Lipinski definition) is 3. The van der Waals surface area contributed by atoms with Crippen molar-refractivity contribution in [2.75, 3.05) is 5.75 Å². The number of hydrazine groups is 1. The Labute approximate surface area is 140 Å². The van der Waals surface area contributed by atoms with Crippen LogP contribution < -0.4 is 11.3 Å². The average Bonchev–Trinajstić information content (AvgIpc) is 2.45. The van der Waals surface area contributed by atoms with Crippen molar-refractivity contribution in [3.63, 3.8) is 0 Å². The van der Waals surface area contributed by atoms with Crippen molar-refractivity contribution < 1.29 is 0 Å². The molecule has 5 heteroatoms. The topological polar surface area (TPSA) is 38.0 Å². The molecular formula is C15H16Br2N2S. The molecule has 0 fully saturated rings. The smallest absolute Gasteiger partial charge is 0.0344 e. The highest BCUT2D eigenvalue weighted by molar-refractivity contribution is 9.10. The summed E-state index contributed by atoms with van der Waals surface area (Å²) in [4.78, 5) is 1.25. The molecule has 2 nitrogen and oxygen atoms in total. The van der Waals surface area contributed by atoms with Gasteiger partial charge in [-0.1, -0.05) is 44.0 Å². The largest absolute Gasteiger partial charge is 0.271 e. The molecule has 2 aromatic carbocycles. The summed E-state index contributed by atoms with van der Waals surface area (Å²) in [5.41, 5.74) is 4.18. The normalized spacial score (nSPS) is 12.3. The number of hydrogen-bond donors (Lipinski definition) is 2. The van der Waals surface area contributed by atoms with Gasteiger partial charge in [-0.15, -0.1) is 11.8 Å². The van der Waals surface area contributed by atoms with Gasteiger partial charge in [0.05, 0.1) is 0 Å². The first-order chi connectivity index (χ1) is 9.67. The highest BCUT2D eigenvalue weighted by atomic mass is 79.9. The number of halogens is 2. The van der Waals surface area contributed by atoms with Crippen molar-refractivity contribution in [1.29, 1.82) is 0 Å². The summed E-state index contributed by atoms with van der Waals surface area (Å²) in [5.74, 6) is 6.60. The molecule has 2 rings (SSSR count). The van der Waals surface area contributed by atoms with E-state index in [2.05, 4.69) is 79.8 Å². The molecule has 0 amide bonds. The summed E-state index contributed by atoms with van der Waals surface area (Å²) in [7, 11) is 0. The van der Waals surface area contributed by atoms with Crippen molar-refractivity contribution in [3.8, 4) is 0 Å². The summed E-state index contributed by atoms with van der Waals surface area (Å²) < 4.78 is 2.20. The van der Waals surface area contributed by atoms with Crippen LogP contribution in [0.15, 0.2) is 62.4 Å². The first kappa shape index (κ1) is 16.0. The second-order valence-electron chi connectivity index (χ2n) is 4.46. The van der Waals surface area contributed by atoms with Crippen LogP contribution in [-0.4, -0.2) is 11.8 Å². The van der Waals surface area contributed by atoms with E-state index >= 15 is 0 Å². The lowest BCUT2D eigenvalue weighted by Gasteiger charge is -2.15. The van der Waals surface area contributed by atoms with Crippen LogP contribution in [0.1, 0.15) is 5.56 Å². The third-order valence-corrected chi connectivity index (χ3v) is 5.07. The molecule has 0 aliphatic rings. The molecule has 0 bridgehead atoms. The number of nitrogens with one attached hydrogen (secondary N) is 1. The molecule has 0 heterocycles. The van der Waals surface area contributed by atoms with Crippen molar-refractivity contribution in [1.82, 2.24) is 5.43 Å². The molecule has 3 N–H and O–H groups in total. The van der Waals surface area contributed by atoms with Crippen molar-refractivity contribution in [2.24, 2.45) is 5.84 Å². The first-order valence-corrected chi connectivity index (χ1v) is 8.83. The minimum absolute atomic E-state index is 0.248. The van der Waals surface area contributed by atoms with Crippen LogP contribution in [0, 0.1) is 0 Å². The molecule has 1 unspecified atom stereocenters. The Kier molecular flexibility index (Phi) is 6.58. The highest BCUT2D eigenvalue weighted by Gasteiger charge is 2.09. The van der Waals surface area contributed by atoms with Crippen molar-refractivity contribution >= 4 is 43.6 Å². The Hall–Kier alpha value is -0.330. The van der Waals surface area contributed by atoms with Gasteiger partial charge in [-0.2, -0.15) is 0 Å². The quantitative estimate of drug-likeness (QED) is 0.417. The fourth-order valence-electron chi connectivity index (χ4n) is 1.84. The lowest BCUT2D eigenvalue weighted by Crippen LogP contribution is -2.38. The van der Waals surface area contributed by atoms with Crippen LogP contribution >= 0.6 is 43.6 Å². The maximum atomic E-state index is 5.66. The summed E-state index contributed by atoms with van der Waals surface area (Å²) in [6, 6.07) is 16.9. The standard InChI is InChI=1S/C15H16Br2N2S/c16-12-4-6-15(7-5-12)20-10-14(19-18)9-11-2-1-3-13(17)8-11/h1-8,14,19H,9-10,18H2. The van der Waals surface area contributed by atoms with Gasteiger partial charge >= 0.3 is 0 Å². The van der Waals surface area contributed by atoms with E-state index in [1.807, 2.05) is 17.8 Å². The van der Waals surface area contributed by atoms with E-state index in [1.54, 1.807) is 0 Å². The van der Waals surface area contributed by atoms with Gasteiger partial charge in [0.1, 0.15) is 0 Å². The predicted molar refractivity (Wildman–Crippen MR) is 93.8 cm³/mol. The first-order valence-electron chi connectivity index (χ1n) is 6.26. The van der Waals surface area contributed by atoms with Crippen LogP contribution in [0.5, 0.6) is 0 Å². The predicted octanol–water partition coefficient (Wildman–Crippen LogP) is 4.38. The average molecular weight is 416 g/mol. The van der Waals surface area contributed by atoms with Crippen molar-refractivity contribution in [2.45, 2.75) is 17.4 Å². The monoisotopic (exact) mass is 414 g/mol. The molecule has 0 aliphatic carbocycles. The minimum Gasteiger partial charge on any atom is -0.271 e. The van der Waals surface area contributed by atoms with Gasteiger partial charge < -0.3 is 0 Å². The zero-order valence-electron chi connectivity index (χ0n) is 10.9. The molecule has 1 atom stereocenters. The molecule has 0 aliphatic heterocycles.